The van der Waals surface area contributed by atoms with Crippen LogP contribution in [0.3, 0.4) is 0 Å². The number of nitrogens with zero attached hydrogens (tertiary/aromatic N) is 6. The Morgan fingerprint density at radius 3 is 2.55 bits per heavy atom. The molecule has 0 bridgehead atoms. The Kier molecular flexibility index (Phi) is 6.94. The van der Waals surface area contributed by atoms with Gasteiger partial charge in [-0.05, 0) is 68.2 Å². The molecule has 9 nitrogen and oxygen atoms in total. The van der Waals surface area contributed by atoms with Gasteiger partial charge < -0.3 is 8.84 Å². The predicted molar refractivity (Wildman–Crippen MR) is 161 cm³/mol. The Labute approximate surface area is 248 Å². The highest BCUT2D eigenvalue weighted by atomic mass is 35.5. The van der Waals surface area contributed by atoms with Crippen LogP contribution in [-0.2, 0) is 11.0 Å². The summed E-state index contributed by atoms with van der Waals surface area (Å²) < 4.78 is 30.2. The van der Waals surface area contributed by atoms with Crippen molar-refractivity contribution < 1.29 is 13.2 Å². The highest BCUT2D eigenvalue weighted by Gasteiger charge is 2.37. The van der Waals surface area contributed by atoms with Gasteiger partial charge >= 0.3 is 5.69 Å². The van der Waals surface area contributed by atoms with Crippen LogP contribution in [0.5, 0.6) is 0 Å². The van der Waals surface area contributed by atoms with Gasteiger partial charge in [-0.25, -0.2) is 23.3 Å². The molecule has 1 fully saturated rings. The Morgan fingerprint density at radius 1 is 1.12 bits per heavy atom. The molecule has 4 aromatic heterocycles. The molecule has 5 aromatic rings. The molecule has 12 heteroatoms. The van der Waals surface area contributed by atoms with Crippen molar-refractivity contribution in [2.24, 2.45) is 0 Å². The monoisotopic (exact) mass is 606 g/mol. The molecule has 218 valence electrons. The molecule has 0 aliphatic heterocycles. The Hall–Kier alpha value is -3.67. The number of oxazole rings is 1. The summed E-state index contributed by atoms with van der Waals surface area (Å²) in [6, 6.07) is 9.82. The summed E-state index contributed by atoms with van der Waals surface area (Å²) in [5.41, 5.74) is 3.30. The van der Waals surface area contributed by atoms with Gasteiger partial charge in [-0.3, -0.25) is 0 Å². The molecule has 1 aliphatic rings. The number of rotatable bonds is 7. The third-order valence-corrected chi connectivity index (χ3v) is 12.9. The molecule has 1 aliphatic carbocycles. The van der Waals surface area contributed by atoms with Gasteiger partial charge in [0, 0.05) is 29.4 Å². The Morgan fingerprint density at radius 2 is 1.88 bits per heavy atom. The minimum Gasteiger partial charge on any atom is -0.432 e. The summed E-state index contributed by atoms with van der Waals surface area (Å²) in [4.78, 5) is 26.7. The van der Waals surface area contributed by atoms with Crippen molar-refractivity contribution in [3.05, 3.63) is 81.0 Å². The quantitative estimate of drug-likeness (QED) is 0.182. The van der Waals surface area contributed by atoms with Crippen LogP contribution in [0.2, 0.25) is 23.2 Å². The first-order valence-electron chi connectivity index (χ1n) is 13.9. The molecular formula is C30H32ClFN6O3Si. The largest absolute Gasteiger partial charge is 0.432 e. The molecule has 0 spiro atoms. The minimum atomic E-state index is -2.02. The number of fused-ring (bicyclic) bond motifs is 1. The molecule has 0 N–H and O–H groups in total. The summed E-state index contributed by atoms with van der Waals surface area (Å²) in [5.74, 6) is 0.203. The topological polar surface area (TPSA) is 100 Å². The Bertz CT molecular complexity index is 1890. The molecule has 1 aromatic carbocycles. The van der Waals surface area contributed by atoms with Gasteiger partial charge in [0.1, 0.15) is 5.82 Å². The average molecular weight is 607 g/mol. The fourth-order valence-corrected chi connectivity index (χ4v) is 5.51. The number of aryl methyl sites for hydroxylation is 1. The normalized spacial score (nSPS) is 14.2. The first kappa shape index (κ1) is 28.4. The molecule has 0 unspecified atom stereocenters. The van der Waals surface area contributed by atoms with Gasteiger partial charge in [-0.2, -0.15) is 15.1 Å². The lowest BCUT2D eigenvalue weighted by molar-refractivity contribution is 0.269. The lowest BCUT2D eigenvalue weighted by atomic mass is 10.1. The van der Waals surface area contributed by atoms with Crippen LogP contribution in [-0.4, -0.2) is 37.5 Å². The summed E-state index contributed by atoms with van der Waals surface area (Å²) in [6.07, 6.45) is 3.67. The molecule has 4 heterocycles. The first-order chi connectivity index (χ1) is 19.8. The maximum Gasteiger partial charge on any atom is 0.353 e. The van der Waals surface area contributed by atoms with Gasteiger partial charge in [0.2, 0.25) is 5.89 Å². The van der Waals surface area contributed by atoms with Gasteiger partial charge in [-0.1, -0.05) is 32.4 Å². The fourth-order valence-electron chi connectivity index (χ4n) is 4.45. The smallest absolute Gasteiger partial charge is 0.353 e. The van der Waals surface area contributed by atoms with Crippen LogP contribution < -0.4 is 5.69 Å². The zero-order valence-corrected chi connectivity index (χ0v) is 26.2. The SMILES string of the molecule is Cc1cc(CO[Si](C)(C)C(C)(C)C)n2nc(-c3nc(-n4ccc(C5CC5)nc4=O)c(-c4ccc(Cl)c(F)c4)o3)cc2n1. The van der Waals surface area contributed by atoms with E-state index in [2.05, 4.69) is 48.8 Å². The van der Waals surface area contributed by atoms with E-state index in [9.17, 15) is 9.18 Å². The van der Waals surface area contributed by atoms with E-state index in [0.717, 1.165) is 29.9 Å². The summed E-state index contributed by atoms with van der Waals surface area (Å²) in [7, 11) is -2.02. The van der Waals surface area contributed by atoms with Crippen molar-refractivity contribution in [1.29, 1.82) is 0 Å². The molecule has 0 amide bonds. The van der Waals surface area contributed by atoms with Gasteiger partial charge in [0.25, 0.3) is 0 Å². The average Bonchev–Trinajstić information content (AvgIpc) is 3.54. The lowest BCUT2D eigenvalue weighted by Gasteiger charge is -2.36. The number of benzene rings is 1. The number of hydrogen-bond acceptors (Lipinski definition) is 7. The molecule has 0 atom stereocenters. The van der Waals surface area contributed by atoms with E-state index in [1.54, 1.807) is 22.8 Å². The van der Waals surface area contributed by atoms with Gasteiger partial charge in [-0.15, -0.1) is 0 Å². The second-order valence-electron chi connectivity index (χ2n) is 12.3. The highest BCUT2D eigenvalue weighted by molar-refractivity contribution is 6.74. The van der Waals surface area contributed by atoms with E-state index in [-0.39, 0.29) is 27.5 Å². The van der Waals surface area contributed by atoms with Crippen LogP contribution in [0.25, 0.3) is 34.4 Å². The molecule has 1 saturated carbocycles. The summed E-state index contributed by atoms with van der Waals surface area (Å²) in [6.45, 7) is 13.3. The predicted octanol–water partition coefficient (Wildman–Crippen LogP) is 7.10. The molecular weight excluding hydrogens is 575 g/mol. The van der Waals surface area contributed by atoms with Crippen LogP contribution in [0, 0.1) is 12.7 Å². The maximum absolute atomic E-state index is 14.5. The van der Waals surface area contributed by atoms with Crippen molar-refractivity contribution >= 4 is 25.6 Å². The lowest BCUT2D eigenvalue weighted by Crippen LogP contribution is -2.40. The van der Waals surface area contributed by atoms with Crippen molar-refractivity contribution in [3.8, 4) is 28.7 Å². The second-order valence-corrected chi connectivity index (χ2v) is 17.5. The molecule has 0 radical (unpaired) electrons. The number of hydrogen-bond donors (Lipinski definition) is 0. The third kappa shape index (κ3) is 5.32. The summed E-state index contributed by atoms with van der Waals surface area (Å²) in [5, 5.41) is 4.79. The second kappa shape index (κ2) is 10.2. The first-order valence-corrected chi connectivity index (χ1v) is 17.2. The molecule has 0 saturated heterocycles. The van der Waals surface area contributed by atoms with E-state index in [1.165, 1.54) is 16.7 Å². The van der Waals surface area contributed by atoms with E-state index in [4.69, 9.17) is 25.5 Å². The maximum atomic E-state index is 14.5. The summed E-state index contributed by atoms with van der Waals surface area (Å²) >= 11 is 5.94. The van der Waals surface area contributed by atoms with Crippen LogP contribution >= 0.6 is 11.6 Å². The molecule has 6 rings (SSSR count). The van der Waals surface area contributed by atoms with Gasteiger partial charge in [0.05, 0.1) is 23.0 Å². The van der Waals surface area contributed by atoms with Crippen molar-refractivity contribution in [1.82, 2.24) is 29.1 Å². The standard InChI is InChI=1S/C30H32ClFN6O3Si/c1-17-13-20(16-40-42(5,6)30(2,3)4)38-25(33-17)15-24(36-38)28-35-27(26(41-28)19-9-10-21(31)22(32)14-19)37-12-11-23(18-7-8-18)34-29(37)39/h9-15,18H,7-8,16H2,1-6H3. The number of aromatic nitrogens is 6. The van der Waals surface area contributed by atoms with E-state index in [1.807, 2.05) is 19.1 Å². The van der Waals surface area contributed by atoms with Crippen molar-refractivity contribution in [2.45, 2.75) is 71.2 Å². The van der Waals surface area contributed by atoms with E-state index < -0.39 is 19.8 Å². The van der Waals surface area contributed by atoms with Crippen LogP contribution in [0.15, 0.2) is 51.8 Å². The van der Waals surface area contributed by atoms with E-state index >= 15 is 0 Å². The molecule has 42 heavy (non-hydrogen) atoms. The van der Waals surface area contributed by atoms with Crippen LogP contribution in [0.4, 0.5) is 4.39 Å². The fraction of sp³-hybridized carbons (Fsp3) is 0.367. The third-order valence-electron chi connectivity index (χ3n) is 8.08. The Balaban J connectivity index is 1.45. The van der Waals surface area contributed by atoms with Gasteiger partial charge in [0.15, 0.2) is 31.2 Å². The highest BCUT2D eigenvalue weighted by Crippen LogP contribution is 2.39. The van der Waals surface area contributed by atoms with Crippen molar-refractivity contribution in [3.63, 3.8) is 0 Å². The minimum absolute atomic E-state index is 0.0260. The zero-order valence-electron chi connectivity index (χ0n) is 24.4. The number of halogens is 2. The van der Waals surface area contributed by atoms with E-state index in [0.29, 0.717) is 29.4 Å². The zero-order chi connectivity index (χ0) is 30.0. The van der Waals surface area contributed by atoms with Crippen LogP contribution in [0.1, 0.15) is 56.6 Å². The van der Waals surface area contributed by atoms with Crippen molar-refractivity contribution in [2.75, 3.05) is 0 Å².